The van der Waals surface area contributed by atoms with E-state index < -0.39 is 21.0 Å². The number of ether oxygens (including phenoxy) is 2. The number of rotatable bonds is 10. The SMILES string of the molecule is C=CC(=O)OCCCCOC(C)(CCC)S(=O)(=O)[O-].[Na+]. The molecule has 0 saturated heterocycles. The molecular weight excluding hydrogens is 295 g/mol. The van der Waals surface area contributed by atoms with Gasteiger partial charge in [0.2, 0.25) is 0 Å². The van der Waals surface area contributed by atoms with Crippen LogP contribution in [0.15, 0.2) is 12.7 Å². The average Bonchev–Trinajstić information content (AvgIpc) is 2.32. The van der Waals surface area contributed by atoms with Crippen molar-refractivity contribution in [3.8, 4) is 0 Å². The molecule has 20 heavy (non-hydrogen) atoms. The van der Waals surface area contributed by atoms with Gasteiger partial charge >= 0.3 is 35.5 Å². The van der Waals surface area contributed by atoms with Crippen molar-refractivity contribution in [3.05, 3.63) is 12.7 Å². The maximum absolute atomic E-state index is 11.1. The summed E-state index contributed by atoms with van der Waals surface area (Å²) in [6.07, 6.45) is 2.79. The molecule has 0 aliphatic carbocycles. The number of hydrogen-bond donors (Lipinski definition) is 0. The number of hydrogen-bond acceptors (Lipinski definition) is 6. The van der Waals surface area contributed by atoms with Gasteiger partial charge in [0.05, 0.1) is 6.61 Å². The van der Waals surface area contributed by atoms with E-state index in [2.05, 4.69) is 6.58 Å². The Morgan fingerprint density at radius 1 is 1.35 bits per heavy atom. The van der Waals surface area contributed by atoms with Gasteiger partial charge in [-0.05, 0) is 26.2 Å². The van der Waals surface area contributed by atoms with E-state index in [-0.39, 0.29) is 49.2 Å². The second kappa shape index (κ2) is 10.8. The number of unbranched alkanes of at least 4 members (excludes halogenated alkanes) is 1. The topological polar surface area (TPSA) is 92.7 Å². The summed E-state index contributed by atoms with van der Waals surface area (Å²) >= 11 is 0. The number of esters is 1. The second-order valence-corrected chi connectivity index (χ2v) is 6.04. The van der Waals surface area contributed by atoms with Crippen LogP contribution in [-0.2, 0) is 24.4 Å². The third kappa shape index (κ3) is 8.39. The van der Waals surface area contributed by atoms with Crippen molar-refractivity contribution in [3.63, 3.8) is 0 Å². The summed E-state index contributed by atoms with van der Waals surface area (Å²) in [6, 6.07) is 0. The van der Waals surface area contributed by atoms with Crippen molar-refractivity contribution in [2.45, 2.75) is 44.5 Å². The predicted octanol–water partition coefficient (Wildman–Crippen LogP) is -1.42. The molecule has 0 N–H and O–H groups in total. The molecular formula is C12H21NaO6S. The standard InChI is InChI=1S/C12H22O6S.Na/c1-4-8-12(3,19(14,15)16)18-10-7-6-9-17-11(13)5-2;/h5H,2,4,6-10H2,1,3H3,(H,14,15,16);/q;+1/p-1. The van der Waals surface area contributed by atoms with Gasteiger partial charge in [0.25, 0.3) is 0 Å². The Morgan fingerprint density at radius 3 is 2.35 bits per heavy atom. The zero-order valence-electron chi connectivity index (χ0n) is 12.4. The largest absolute Gasteiger partial charge is 1.00 e. The zero-order chi connectivity index (χ0) is 14.9. The van der Waals surface area contributed by atoms with Gasteiger partial charge in [-0.15, -0.1) is 0 Å². The van der Waals surface area contributed by atoms with Gasteiger partial charge in [0.1, 0.15) is 10.1 Å². The van der Waals surface area contributed by atoms with E-state index in [1.54, 1.807) is 6.92 Å². The summed E-state index contributed by atoms with van der Waals surface area (Å²) in [7, 11) is -4.51. The normalized spacial score (nSPS) is 13.9. The molecule has 0 amide bonds. The second-order valence-electron chi connectivity index (χ2n) is 4.27. The van der Waals surface area contributed by atoms with Crippen molar-refractivity contribution < 1.29 is 56.8 Å². The summed E-state index contributed by atoms with van der Waals surface area (Å²) < 4.78 is 43.3. The molecule has 1 atom stereocenters. The summed E-state index contributed by atoms with van der Waals surface area (Å²) in [5.74, 6) is -0.501. The van der Waals surface area contributed by atoms with Crippen molar-refractivity contribution in [1.29, 1.82) is 0 Å². The van der Waals surface area contributed by atoms with Crippen LogP contribution in [0.4, 0.5) is 0 Å². The minimum Gasteiger partial charge on any atom is -0.746 e. The van der Waals surface area contributed by atoms with Crippen molar-refractivity contribution in [2.24, 2.45) is 0 Å². The molecule has 1 unspecified atom stereocenters. The molecule has 0 fully saturated rings. The number of carbonyl (C=O) groups excluding carboxylic acids is 1. The Morgan fingerprint density at radius 2 is 1.90 bits per heavy atom. The summed E-state index contributed by atoms with van der Waals surface area (Å²) in [5, 5.41) is 0. The molecule has 0 aliphatic heterocycles. The first-order chi connectivity index (χ1) is 8.77. The van der Waals surface area contributed by atoms with Gasteiger partial charge < -0.3 is 14.0 Å². The third-order valence-corrected chi connectivity index (χ3v) is 3.97. The van der Waals surface area contributed by atoms with Crippen LogP contribution in [0.5, 0.6) is 0 Å². The van der Waals surface area contributed by atoms with Crippen molar-refractivity contribution >= 4 is 16.1 Å². The molecule has 112 valence electrons. The molecule has 8 heteroatoms. The van der Waals surface area contributed by atoms with Gasteiger partial charge in [-0.2, -0.15) is 0 Å². The number of carbonyl (C=O) groups is 1. The quantitative estimate of drug-likeness (QED) is 0.161. The maximum Gasteiger partial charge on any atom is 1.00 e. The van der Waals surface area contributed by atoms with Gasteiger partial charge in [-0.1, -0.05) is 19.9 Å². The van der Waals surface area contributed by atoms with E-state index in [4.69, 9.17) is 9.47 Å². The van der Waals surface area contributed by atoms with Crippen LogP contribution in [0.2, 0.25) is 0 Å². The first-order valence-corrected chi connectivity index (χ1v) is 7.56. The predicted molar refractivity (Wildman–Crippen MR) is 69.4 cm³/mol. The van der Waals surface area contributed by atoms with E-state index in [9.17, 15) is 17.8 Å². The van der Waals surface area contributed by atoms with Crippen molar-refractivity contribution in [1.82, 2.24) is 0 Å². The van der Waals surface area contributed by atoms with E-state index in [1.165, 1.54) is 6.92 Å². The van der Waals surface area contributed by atoms with E-state index in [1.807, 2.05) is 0 Å². The third-order valence-electron chi connectivity index (χ3n) is 2.59. The Hall–Kier alpha value is 0.0800. The van der Waals surface area contributed by atoms with Gasteiger partial charge in [-0.3, -0.25) is 0 Å². The molecule has 0 aromatic carbocycles. The van der Waals surface area contributed by atoms with Gasteiger partial charge in [-0.25, -0.2) is 13.2 Å². The van der Waals surface area contributed by atoms with E-state index >= 15 is 0 Å². The van der Waals surface area contributed by atoms with Crippen LogP contribution >= 0.6 is 0 Å². The first-order valence-electron chi connectivity index (χ1n) is 6.15. The Labute approximate surface area is 142 Å². The Bertz CT molecular complexity index is 395. The fraction of sp³-hybridized carbons (Fsp3) is 0.750. The van der Waals surface area contributed by atoms with Crippen LogP contribution < -0.4 is 29.6 Å². The Kier molecular flexibility index (Phi) is 12.0. The molecule has 0 radical (unpaired) electrons. The fourth-order valence-corrected chi connectivity index (χ4v) is 2.13. The summed E-state index contributed by atoms with van der Waals surface area (Å²) in [4.78, 5) is 9.05. The fourth-order valence-electron chi connectivity index (χ4n) is 1.45. The van der Waals surface area contributed by atoms with Gasteiger partial charge in [0.15, 0.2) is 4.93 Å². The molecule has 0 rings (SSSR count). The minimum atomic E-state index is -4.51. The first kappa shape index (κ1) is 22.4. The minimum absolute atomic E-state index is 0. The van der Waals surface area contributed by atoms with Crippen LogP contribution in [0, 0.1) is 0 Å². The smallest absolute Gasteiger partial charge is 0.746 e. The molecule has 0 aromatic heterocycles. The molecule has 0 bridgehead atoms. The molecule has 0 spiro atoms. The van der Waals surface area contributed by atoms with Crippen LogP contribution in [-0.4, -0.2) is 37.1 Å². The van der Waals surface area contributed by atoms with E-state index in [0.717, 1.165) is 6.08 Å². The van der Waals surface area contributed by atoms with Gasteiger partial charge in [0, 0.05) is 12.7 Å². The van der Waals surface area contributed by atoms with Crippen LogP contribution in [0.1, 0.15) is 39.5 Å². The monoisotopic (exact) mass is 316 g/mol. The van der Waals surface area contributed by atoms with E-state index in [0.29, 0.717) is 19.3 Å². The summed E-state index contributed by atoms with van der Waals surface area (Å²) in [6.45, 7) is 6.66. The van der Waals surface area contributed by atoms with Crippen LogP contribution in [0.25, 0.3) is 0 Å². The molecule has 6 nitrogen and oxygen atoms in total. The zero-order valence-corrected chi connectivity index (χ0v) is 15.2. The molecule has 0 saturated carbocycles. The van der Waals surface area contributed by atoms with Crippen molar-refractivity contribution in [2.75, 3.05) is 13.2 Å². The molecule has 0 aromatic rings. The molecule has 0 aliphatic rings. The Balaban J connectivity index is 0. The average molecular weight is 316 g/mol. The maximum atomic E-state index is 11.1. The summed E-state index contributed by atoms with van der Waals surface area (Å²) in [5.41, 5.74) is 0. The van der Waals surface area contributed by atoms with Crippen LogP contribution in [0.3, 0.4) is 0 Å². The molecule has 0 heterocycles.